The highest BCUT2D eigenvalue weighted by Gasteiger charge is 2.22. The Morgan fingerprint density at radius 2 is 1.81 bits per heavy atom. The molecular formula is C11H18N2O2S. The monoisotopic (exact) mass is 242 g/mol. The first-order chi connectivity index (χ1) is 7.12. The summed E-state index contributed by atoms with van der Waals surface area (Å²) in [5.41, 5.74) is 6.54. The summed E-state index contributed by atoms with van der Waals surface area (Å²) in [5.74, 6) is 0. The number of anilines is 1. The van der Waals surface area contributed by atoms with Crippen LogP contribution in [0.2, 0.25) is 0 Å². The van der Waals surface area contributed by atoms with Crippen molar-refractivity contribution in [1.29, 1.82) is 0 Å². The van der Waals surface area contributed by atoms with Crippen molar-refractivity contribution in [2.75, 3.05) is 5.73 Å². The molecule has 3 N–H and O–H groups in total. The van der Waals surface area contributed by atoms with Crippen molar-refractivity contribution in [3.63, 3.8) is 0 Å². The van der Waals surface area contributed by atoms with E-state index in [9.17, 15) is 8.42 Å². The third kappa shape index (κ3) is 3.21. The van der Waals surface area contributed by atoms with Crippen LogP contribution < -0.4 is 10.5 Å². The van der Waals surface area contributed by atoms with Crippen LogP contribution in [-0.2, 0) is 10.0 Å². The zero-order valence-corrected chi connectivity index (χ0v) is 10.9. The largest absolute Gasteiger partial charge is 0.398 e. The average molecular weight is 242 g/mol. The van der Waals surface area contributed by atoms with Gasteiger partial charge in [-0.2, -0.15) is 0 Å². The van der Waals surface area contributed by atoms with E-state index in [1.54, 1.807) is 32.9 Å². The summed E-state index contributed by atoms with van der Waals surface area (Å²) in [7, 11) is -3.49. The molecule has 0 radical (unpaired) electrons. The van der Waals surface area contributed by atoms with Gasteiger partial charge in [-0.15, -0.1) is 0 Å². The summed E-state index contributed by atoms with van der Waals surface area (Å²) in [4.78, 5) is 0.200. The highest BCUT2D eigenvalue weighted by atomic mass is 32.2. The van der Waals surface area contributed by atoms with Gasteiger partial charge in [0.05, 0.1) is 4.90 Å². The molecule has 0 atom stereocenters. The second-order valence-electron chi connectivity index (χ2n) is 4.87. The van der Waals surface area contributed by atoms with E-state index in [0.717, 1.165) is 5.56 Å². The van der Waals surface area contributed by atoms with Gasteiger partial charge < -0.3 is 5.73 Å². The minimum absolute atomic E-state index is 0.200. The number of sulfonamides is 1. The number of hydrogen-bond acceptors (Lipinski definition) is 3. The van der Waals surface area contributed by atoms with Gasteiger partial charge in [0.1, 0.15) is 0 Å². The van der Waals surface area contributed by atoms with E-state index in [-0.39, 0.29) is 4.90 Å². The Labute approximate surface area is 96.9 Å². The first-order valence-electron chi connectivity index (χ1n) is 5.02. The molecule has 0 bridgehead atoms. The van der Waals surface area contributed by atoms with Crippen LogP contribution in [0, 0.1) is 6.92 Å². The number of benzene rings is 1. The summed E-state index contributed by atoms with van der Waals surface area (Å²) in [6.45, 7) is 7.22. The fraction of sp³-hybridized carbons (Fsp3) is 0.455. The van der Waals surface area contributed by atoms with Crippen molar-refractivity contribution >= 4 is 15.7 Å². The minimum Gasteiger partial charge on any atom is -0.398 e. The third-order valence-corrected chi connectivity index (χ3v) is 3.76. The fourth-order valence-corrected chi connectivity index (χ4v) is 2.70. The van der Waals surface area contributed by atoms with E-state index in [1.807, 2.05) is 6.92 Å². The van der Waals surface area contributed by atoms with Crippen LogP contribution in [0.4, 0.5) is 5.69 Å². The molecule has 16 heavy (non-hydrogen) atoms. The summed E-state index contributed by atoms with van der Waals surface area (Å²) in [5, 5.41) is 0. The average Bonchev–Trinajstić information content (AvgIpc) is 2.05. The lowest BCUT2D eigenvalue weighted by Gasteiger charge is -2.20. The van der Waals surface area contributed by atoms with Crippen LogP contribution in [0.15, 0.2) is 23.1 Å². The van der Waals surface area contributed by atoms with E-state index in [0.29, 0.717) is 5.69 Å². The first-order valence-corrected chi connectivity index (χ1v) is 6.50. The molecule has 0 fully saturated rings. The molecule has 0 spiro atoms. The summed E-state index contributed by atoms with van der Waals surface area (Å²) in [6.07, 6.45) is 0. The lowest BCUT2D eigenvalue weighted by molar-refractivity contribution is 0.491. The SMILES string of the molecule is Cc1ccc(S(=O)(=O)NC(C)(C)C)cc1N. The predicted octanol–water partition coefficient (Wildman–Crippen LogP) is 1.65. The van der Waals surface area contributed by atoms with Crippen molar-refractivity contribution in [1.82, 2.24) is 4.72 Å². The van der Waals surface area contributed by atoms with Gasteiger partial charge in [-0.05, 0) is 45.4 Å². The number of nitrogens with two attached hydrogens (primary N) is 1. The number of hydrogen-bond donors (Lipinski definition) is 2. The summed E-state index contributed by atoms with van der Waals surface area (Å²) in [6, 6.07) is 4.73. The maximum atomic E-state index is 11.9. The van der Waals surface area contributed by atoms with Crippen LogP contribution in [0.3, 0.4) is 0 Å². The van der Waals surface area contributed by atoms with Crippen molar-refractivity contribution in [2.24, 2.45) is 0 Å². The van der Waals surface area contributed by atoms with Crippen molar-refractivity contribution in [3.8, 4) is 0 Å². The second kappa shape index (κ2) is 4.07. The van der Waals surface area contributed by atoms with Gasteiger partial charge in [-0.3, -0.25) is 0 Å². The van der Waals surface area contributed by atoms with Gasteiger partial charge in [0, 0.05) is 11.2 Å². The van der Waals surface area contributed by atoms with Gasteiger partial charge in [-0.1, -0.05) is 6.07 Å². The molecule has 1 aromatic rings. The van der Waals surface area contributed by atoms with Crippen LogP contribution in [0.25, 0.3) is 0 Å². The summed E-state index contributed by atoms with van der Waals surface area (Å²) < 4.78 is 26.5. The number of nitrogens with one attached hydrogen (secondary N) is 1. The highest BCUT2D eigenvalue weighted by molar-refractivity contribution is 7.89. The van der Waals surface area contributed by atoms with E-state index >= 15 is 0 Å². The van der Waals surface area contributed by atoms with Crippen molar-refractivity contribution in [2.45, 2.75) is 38.1 Å². The normalized spacial score (nSPS) is 12.8. The van der Waals surface area contributed by atoms with Gasteiger partial charge in [0.15, 0.2) is 0 Å². The molecule has 0 aliphatic carbocycles. The topological polar surface area (TPSA) is 72.2 Å². The molecule has 0 saturated carbocycles. The van der Waals surface area contributed by atoms with Crippen LogP contribution in [0.5, 0.6) is 0 Å². The van der Waals surface area contributed by atoms with Crippen LogP contribution in [0.1, 0.15) is 26.3 Å². The van der Waals surface area contributed by atoms with Crippen molar-refractivity contribution in [3.05, 3.63) is 23.8 Å². The predicted molar refractivity (Wildman–Crippen MR) is 65.7 cm³/mol. The lowest BCUT2D eigenvalue weighted by Crippen LogP contribution is -2.40. The van der Waals surface area contributed by atoms with E-state index in [4.69, 9.17) is 5.73 Å². The van der Waals surface area contributed by atoms with Gasteiger partial charge >= 0.3 is 0 Å². The molecule has 1 rings (SSSR count). The Kier molecular flexibility index (Phi) is 3.30. The molecule has 4 nitrogen and oxygen atoms in total. The van der Waals surface area contributed by atoms with Crippen LogP contribution in [-0.4, -0.2) is 14.0 Å². The molecule has 0 amide bonds. The first kappa shape index (κ1) is 13.0. The maximum absolute atomic E-state index is 11.9. The summed E-state index contributed by atoms with van der Waals surface area (Å²) >= 11 is 0. The zero-order chi connectivity index (χ0) is 12.6. The Hall–Kier alpha value is -1.07. The maximum Gasteiger partial charge on any atom is 0.241 e. The lowest BCUT2D eigenvalue weighted by atomic mass is 10.1. The molecule has 0 aliphatic rings. The number of rotatable bonds is 2. The van der Waals surface area contributed by atoms with E-state index in [2.05, 4.69) is 4.72 Å². The quantitative estimate of drug-likeness (QED) is 0.775. The molecule has 0 aromatic heterocycles. The van der Waals surface area contributed by atoms with Crippen LogP contribution >= 0.6 is 0 Å². The van der Waals surface area contributed by atoms with Gasteiger partial charge in [-0.25, -0.2) is 13.1 Å². The molecule has 0 saturated heterocycles. The Balaban J connectivity index is 3.13. The fourth-order valence-electron chi connectivity index (χ4n) is 1.25. The van der Waals surface area contributed by atoms with Gasteiger partial charge in [0.25, 0.3) is 0 Å². The van der Waals surface area contributed by atoms with Crippen molar-refractivity contribution < 1.29 is 8.42 Å². The standard InChI is InChI=1S/C11H18N2O2S/c1-8-5-6-9(7-10(8)12)16(14,15)13-11(2,3)4/h5-7,13H,12H2,1-4H3. The van der Waals surface area contributed by atoms with Gasteiger partial charge in [0.2, 0.25) is 10.0 Å². The highest BCUT2D eigenvalue weighted by Crippen LogP contribution is 2.18. The zero-order valence-electron chi connectivity index (χ0n) is 10.0. The molecule has 0 unspecified atom stereocenters. The molecule has 0 heterocycles. The number of aryl methyl sites for hydroxylation is 1. The Morgan fingerprint density at radius 3 is 2.25 bits per heavy atom. The number of nitrogen functional groups attached to an aromatic ring is 1. The molecule has 90 valence electrons. The van der Waals surface area contributed by atoms with E-state index < -0.39 is 15.6 Å². The molecule has 5 heteroatoms. The third-order valence-electron chi connectivity index (χ3n) is 2.00. The second-order valence-corrected chi connectivity index (χ2v) is 6.56. The molecular weight excluding hydrogens is 224 g/mol. The Morgan fingerprint density at radius 1 is 1.25 bits per heavy atom. The smallest absolute Gasteiger partial charge is 0.241 e. The minimum atomic E-state index is -3.49. The molecule has 0 aliphatic heterocycles. The van der Waals surface area contributed by atoms with E-state index in [1.165, 1.54) is 6.07 Å². The molecule has 1 aromatic carbocycles. The Bertz CT molecular complexity index is 487.